The van der Waals surface area contributed by atoms with Gasteiger partial charge in [-0.25, -0.2) is 5.43 Å². The Kier molecular flexibility index (Phi) is 4.75. The number of phenolic OH excluding ortho intramolecular Hbond substituents is 3. The summed E-state index contributed by atoms with van der Waals surface area (Å²) in [4.78, 5) is 11.2. The maximum Gasteiger partial charge on any atom is 0.258 e. The molecule has 1 aromatic rings. The van der Waals surface area contributed by atoms with Crippen LogP contribution in [0.2, 0.25) is 0 Å². The number of alkyl halides is 1. The van der Waals surface area contributed by atoms with Gasteiger partial charge in [-0.1, -0.05) is 0 Å². The van der Waals surface area contributed by atoms with E-state index in [4.69, 9.17) is 22.4 Å². The number of carbonyl (C=O) groups excluding carboxylic acids is 1. The van der Waals surface area contributed by atoms with Crippen molar-refractivity contribution in [3.8, 4) is 17.2 Å². The predicted molar refractivity (Wildman–Crippen MR) is 65.9 cm³/mol. The van der Waals surface area contributed by atoms with Gasteiger partial charge in [-0.05, 0) is 12.1 Å². The lowest BCUT2D eigenvalue weighted by molar-refractivity contribution is -0.121. The van der Waals surface area contributed by atoms with Crippen molar-refractivity contribution in [3.05, 3.63) is 17.7 Å². The van der Waals surface area contributed by atoms with E-state index in [1.165, 1.54) is 12.1 Å². The summed E-state index contributed by atoms with van der Waals surface area (Å²) in [6.07, 6.45) is 1.09. The van der Waals surface area contributed by atoms with Crippen molar-refractivity contribution in [2.75, 3.05) is 5.88 Å². The van der Waals surface area contributed by atoms with E-state index in [1.807, 2.05) is 0 Å². The fraction of sp³-hybridized carbons (Fsp3) is 0.200. The minimum absolute atomic E-state index is 0.0490. The van der Waals surface area contributed by atoms with Gasteiger partial charge in [0.05, 0.1) is 12.3 Å². The molecule has 0 aliphatic heterocycles. The number of hydrazone groups is 1. The molecule has 0 bridgehead atoms. The molecule has 6 N–H and O–H groups in total. The standard InChI is InChI=1S/C10H12ClN3O4/c11-3-6(12)10(18)14-13-4-5-1-2-7(15)9(17)8(5)16/h1-2,4,6,15-17H,3,12H2,(H,14,18). The Morgan fingerprint density at radius 1 is 1.44 bits per heavy atom. The van der Waals surface area contributed by atoms with Gasteiger partial charge < -0.3 is 21.1 Å². The fourth-order valence-corrected chi connectivity index (χ4v) is 1.15. The van der Waals surface area contributed by atoms with Gasteiger partial charge in [0.25, 0.3) is 5.91 Å². The van der Waals surface area contributed by atoms with Gasteiger partial charge in [-0.3, -0.25) is 4.79 Å². The Morgan fingerprint density at radius 3 is 2.72 bits per heavy atom. The highest BCUT2D eigenvalue weighted by Crippen LogP contribution is 2.36. The second kappa shape index (κ2) is 6.08. The van der Waals surface area contributed by atoms with Gasteiger partial charge in [0.15, 0.2) is 11.5 Å². The third-order valence-electron chi connectivity index (χ3n) is 2.04. The van der Waals surface area contributed by atoms with E-state index in [1.54, 1.807) is 0 Å². The largest absolute Gasteiger partial charge is 0.504 e. The highest BCUT2D eigenvalue weighted by molar-refractivity contribution is 6.19. The van der Waals surface area contributed by atoms with Crippen molar-refractivity contribution in [1.82, 2.24) is 5.43 Å². The minimum Gasteiger partial charge on any atom is -0.504 e. The number of phenols is 3. The second-order valence-electron chi connectivity index (χ2n) is 3.37. The SMILES string of the molecule is NC(CCl)C(=O)NN=Cc1ccc(O)c(O)c1O. The van der Waals surface area contributed by atoms with Gasteiger partial charge in [-0.15, -0.1) is 11.6 Å². The molecule has 0 aromatic heterocycles. The average molecular weight is 274 g/mol. The summed E-state index contributed by atoms with van der Waals surface area (Å²) in [7, 11) is 0. The lowest BCUT2D eigenvalue weighted by Gasteiger charge is -2.05. The molecular formula is C10H12ClN3O4. The minimum atomic E-state index is -0.884. The third-order valence-corrected chi connectivity index (χ3v) is 2.37. The monoisotopic (exact) mass is 273 g/mol. The summed E-state index contributed by atoms with van der Waals surface area (Å²) in [6, 6.07) is 1.59. The number of nitrogens with two attached hydrogens (primary N) is 1. The summed E-state index contributed by atoms with van der Waals surface area (Å²) >= 11 is 5.37. The Labute approximate surface area is 107 Å². The van der Waals surface area contributed by atoms with E-state index in [2.05, 4.69) is 10.5 Å². The van der Waals surface area contributed by atoms with Crippen LogP contribution in [-0.4, -0.2) is 39.4 Å². The molecule has 0 heterocycles. The Hall–Kier alpha value is -1.99. The number of hydrogen-bond acceptors (Lipinski definition) is 6. The van der Waals surface area contributed by atoms with Gasteiger partial charge in [-0.2, -0.15) is 5.10 Å². The van der Waals surface area contributed by atoms with Crippen LogP contribution in [0, 0.1) is 0 Å². The molecule has 98 valence electrons. The van der Waals surface area contributed by atoms with Crippen molar-refractivity contribution < 1.29 is 20.1 Å². The maximum absolute atomic E-state index is 11.2. The number of amides is 1. The van der Waals surface area contributed by atoms with Gasteiger partial charge in [0.2, 0.25) is 5.75 Å². The first-order chi connectivity index (χ1) is 8.47. The molecule has 1 amide bonds. The summed E-state index contributed by atoms with van der Waals surface area (Å²) < 4.78 is 0. The normalized spacial score (nSPS) is 12.6. The maximum atomic E-state index is 11.2. The van der Waals surface area contributed by atoms with Crippen LogP contribution in [0.4, 0.5) is 0 Å². The van der Waals surface area contributed by atoms with Crippen LogP contribution in [0.5, 0.6) is 17.2 Å². The number of carbonyl (C=O) groups is 1. The Bertz CT molecular complexity index is 478. The molecule has 0 spiro atoms. The molecule has 0 radical (unpaired) electrons. The molecule has 7 nitrogen and oxygen atoms in total. The van der Waals surface area contributed by atoms with Crippen molar-refractivity contribution in [1.29, 1.82) is 0 Å². The van der Waals surface area contributed by atoms with Crippen molar-refractivity contribution in [2.45, 2.75) is 6.04 Å². The number of aromatic hydroxyl groups is 3. The van der Waals surface area contributed by atoms with Crippen LogP contribution in [0.25, 0.3) is 0 Å². The topological polar surface area (TPSA) is 128 Å². The molecule has 0 aliphatic carbocycles. The predicted octanol–water partition coefficient (Wildman–Crippen LogP) is -0.180. The second-order valence-corrected chi connectivity index (χ2v) is 3.67. The first-order valence-corrected chi connectivity index (χ1v) is 5.39. The van der Waals surface area contributed by atoms with Crippen LogP contribution in [0.3, 0.4) is 0 Å². The lowest BCUT2D eigenvalue weighted by atomic mass is 10.2. The van der Waals surface area contributed by atoms with Crippen LogP contribution in [-0.2, 0) is 4.79 Å². The zero-order valence-corrected chi connectivity index (χ0v) is 9.92. The number of rotatable bonds is 4. The molecule has 0 fully saturated rings. The Balaban J connectivity index is 2.74. The highest BCUT2D eigenvalue weighted by Gasteiger charge is 2.11. The molecular weight excluding hydrogens is 262 g/mol. The quantitative estimate of drug-likeness (QED) is 0.225. The van der Waals surface area contributed by atoms with E-state index in [9.17, 15) is 15.0 Å². The molecule has 8 heteroatoms. The lowest BCUT2D eigenvalue weighted by Crippen LogP contribution is -2.39. The van der Waals surface area contributed by atoms with Crippen LogP contribution >= 0.6 is 11.6 Å². The van der Waals surface area contributed by atoms with Gasteiger partial charge in [0, 0.05) is 11.4 Å². The van der Waals surface area contributed by atoms with Crippen LogP contribution in [0.1, 0.15) is 5.56 Å². The highest BCUT2D eigenvalue weighted by atomic mass is 35.5. The summed E-state index contributed by atoms with van der Waals surface area (Å²) in [5, 5.41) is 31.3. The molecule has 0 saturated heterocycles. The number of hydrogen-bond donors (Lipinski definition) is 5. The summed E-state index contributed by atoms with van der Waals surface area (Å²) in [6.45, 7) is 0. The zero-order chi connectivity index (χ0) is 13.7. The third kappa shape index (κ3) is 3.25. The smallest absolute Gasteiger partial charge is 0.258 e. The molecule has 0 saturated carbocycles. The molecule has 1 unspecified atom stereocenters. The molecule has 1 rings (SSSR count). The van der Waals surface area contributed by atoms with Crippen molar-refractivity contribution in [3.63, 3.8) is 0 Å². The number of halogens is 1. The van der Waals surface area contributed by atoms with E-state index >= 15 is 0 Å². The molecule has 0 aliphatic rings. The molecule has 1 aromatic carbocycles. The van der Waals surface area contributed by atoms with Crippen LogP contribution in [0.15, 0.2) is 17.2 Å². The molecule has 18 heavy (non-hydrogen) atoms. The Morgan fingerprint density at radius 2 is 2.11 bits per heavy atom. The van der Waals surface area contributed by atoms with Crippen molar-refractivity contribution in [2.24, 2.45) is 10.8 Å². The molecule has 1 atom stereocenters. The zero-order valence-electron chi connectivity index (χ0n) is 9.17. The average Bonchev–Trinajstić information content (AvgIpc) is 2.37. The van der Waals surface area contributed by atoms with Gasteiger partial charge >= 0.3 is 0 Å². The van der Waals surface area contributed by atoms with E-state index in [0.29, 0.717) is 0 Å². The fourth-order valence-electron chi connectivity index (χ4n) is 1.01. The van der Waals surface area contributed by atoms with Crippen LogP contribution < -0.4 is 11.2 Å². The first kappa shape index (κ1) is 14.1. The number of nitrogens with zero attached hydrogens (tertiary/aromatic N) is 1. The first-order valence-electron chi connectivity index (χ1n) is 4.85. The van der Waals surface area contributed by atoms with E-state index in [0.717, 1.165) is 6.21 Å². The summed E-state index contributed by atoms with van der Waals surface area (Å²) in [5.74, 6) is -2.30. The van der Waals surface area contributed by atoms with E-state index in [-0.39, 0.29) is 11.4 Å². The number of nitrogens with one attached hydrogen (secondary N) is 1. The van der Waals surface area contributed by atoms with Gasteiger partial charge in [0.1, 0.15) is 0 Å². The van der Waals surface area contributed by atoms with E-state index < -0.39 is 29.2 Å². The number of benzene rings is 1. The van der Waals surface area contributed by atoms with Crippen molar-refractivity contribution >= 4 is 23.7 Å². The summed E-state index contributed by atoms with van der Waals surface area (Å²) in [5.41, 5.74) is 7.55.